The zero-order chi connectivity index (χ0) is 18.1. The largest absolute Gasteiger partial charge is 0.395 e. The van der Waals surface area contributed by atoms with Gasteiger partial charge >= 0.3 is 0 Å². The molecule has 2 aromatic carbocycles. The molecule has 1 heterocycles. The van der Waals surface area contributed by atoms with Crippen LogP contribution in [0.1, 0.15) is 26.3 Å². The molecule has 2 aliphatic rings. The van der Waals surface area contributed by atoms with E-state index in [0.29, 0.717) is 30.8 Å². The number of hydrogen-bond donors (Lipinski definition) is 1. The number of nitrogens with zero attached hydrogens (tertiary/aromatic N) is 2. The first-order valence-electron chi connectivity index (χ1n) is 9.02. The van der Waals surface area contributed by atoms with E-state index in [4.69, 9.17) is 5.11 Å². The zero-order valence-corrected chi connectivity index (χ0v) is 14.6. The summed E-state index contributed by atoms with van der Waals surface area (Å²) >= 11 is 0. The quantitative estimate of drug-likeness (QED) is 0.848. The summed E-state index contributed by atoms with van der Waals surface area (Å²) in [6, 6.07) is 16.5. The van der Waals surface area contributed by atoms with Gasteiger partial charge in [-0.3, -0.25) is 19.4 Å². The number of carbonyl (C=O) groups excluding carboxylic acids is 2. The van der Waals surface area contributed by atoms with Gasteiger partial charge in [-0.2, -0.15) is 0 Å². The zero-order valence-electron chi connectivity index (χ0n) is 14.6. The molecule has 0 amide bonds. The number of ketones is 2. The minimum atomic E-state index is -1.27. The van der Waals surface area contributed by atoms with Gasteiger partial charge < -0.3 is 5.11 Å². The van der Waals surface area contributed by atoms with E-state index in [1.807, 2.05) is 47.4 Å². The number of rotatable bonds is 4. The average Bonchev–Trinajstić information content (AvgIpc) is 2.92. The van der Waals surface area contributed by atoms with E-state index in [9.17, 15) is 9.59 Å². The number of β-amino-alcohol motifs (C(OH)–C–C–N with tert-alkyl or cyclic N) is 1. The van der Waals surface area contributed by atoms with Gasteiger partial charge in [0.15, 0.2) is 17.1 Å². The van der Waals surface area contributed by atoms with Crippen LogP contribution in [0, 0.1) is 0 Å². The molecule has 0 unspecified atom stereocenters. The summed E-state index contributed by atoms with van der Waals surface area (Å²) in [4.78, 5) is 31.2. The number of Topliss-reactive ketones (excluding diaryl/α,β-unsaturated/α-hetero) is 2. The predicted molar refractivity (Wildman–Crippen MR) is 98.3 cm³/mol. The number of carbonyl (C=O) groups is 2. The van der Waals surface area contributed by atoms with Crippen molar-refractivity contribution in [3.8, 4) is 0 Å². The van der Waals surface area contributed by atoms with Gasteiger partial charge in [-0.15, -0.1) is 0 Å². The molecule has 134 valence electrons. The third kappa shape index (κ3) is 2.43. The fourth-order valence-corrected chi connectivity index (χ4v) is 4.23. The Kier molecular flexibility index (Phi) is 4.44. The minimum absolute atomic E-state index is 0.118. The second-order valence-electron chi connectivity index (χ2n) is 6.83. The molecule has 5 heteroatoms. The Bertz CT molecular complexity index is 791. The van der Waals surface area contributed by atoms with Gasteiger partial charge in [0.2, 0.25) is 0 Å². The van der Waals surface area contributed by atoms with Crippen LogP contribution in [-0.4, -0.2) is 65.8 Å². The van der Waals surface area contributed by atoms with Gasteiger partial charge in [-0.05, 0) is 5.56 Å². The van der Waals surface area contributed by atoms with Crippen LogP contribution >= 0.6 is 0 Å². The number of benzene rings is 2. The highest BCUT2D eigenvalue weighted by atomic mass is 16.3. The fraction of sp³-hybridized carbons (Fsp3) is 0.333. The molecule has 5 nitrogen and oxygen atoms in total. The van der Waals surface area contributed by atoms with E-state index in [2.05, 4.69) is 4.90 Å². The Morgan fingerprint density at radius 1 is 0.808 bits per heavy atom. The highest BCUT2D eigenvalue weighted by Gasteiger charge is 2.58. The predicted octanol–water partition coefficient (Wildman–Crippen LogP) is 1.57. The molecule has 1 saturated heterocycles. The van der Waals surface area contributed by atoms with Crippen molar-refractivity contribution in [2.45, 2.75) is 5.54 Å². The molecular weight excluding hydrogens is 328 g/mol. The van der Waals surface area contributed by atoms with Crippen molar-refractivity contribution >= 4 is 11.6 Å². The molecule has 0 radical (unpaired) electrons. The van der Waals surface area contributed by atoms with Crippen molar-refractivity contribution in [3.05, 3.63) is 71.3 Å². The molecule has 2 aromatic rings. The molecule has 4 rings (SSSR count). The van der Waals surface area contributed by atoms with Crippen molar-refractivity contribution in [2.24, 2.45) is 0 Å². The van der Waals surface area contributed by atoms with Gasteiger partial charge in [-0.25, -0.2) is 0 Å². The lowest BCUT2D eigenvalue weighted by molar-refractivity contribution is 0.0266. The summed E-state index contributed by atoms with van der Waals surface area (Å²) in [6.45, 7) is 3.42. The maximum absolute atomic E-state index is 13.5. The number of fused-ring (bicyclic) bond motifs is 1. The molecule has 0 atom stereocenters. The average molecular weight is 350 g/mol. The molecule has 1 aliphatic heterocycles. The van der Waals surface area contributed by atoms with E-state index in [1.54, 1.807) is 12.1 Å². The molecule has 26 heavy (non-hydrogen) atoms. The molecule has 0 aromatic heterocycles. The second-order valence-corrected chi connectivity index (χ2v) is 6.83. The fourth-order valence-electron chi connectivity index (χ4n) is 4.23. The second kappa shape index (κ2) is 6.76. The summed E-state index contributed by atoms with van der Waals surface area (Å²) in [5.41, 5.74) is 0.496. The van der Waals surface area contributed by atoms with Gasteiger partial charge in [0.25, 0.3) is 0 Å². The maximum Gasteiger partial charge on any atom is 0.196 e. The third-order valence-electron chi connectivity index (χ3n) is 5.53. The lowest BCUT2D eigenvalue weighted by Crippen LogP contribution is -2.60. The van der Waals surface area contributed by atoms with E-state index in [0.717, 1.165) is 18.7 Å². The Hall–Kier alpha value is -2.34. The van der Waals surface area contributed by atoms with E-state index in [-0.39, 0.29) is 18.2 Å². The van der Waals surface area contributed by atoms with Crippen LogP contribution < -0.4 is 0 Å². The van der Waals surface area contributed by atoms with Gasteiger partial charge in [-0.1, -0.05) is 54.6 Å². The topological polar surface area (TPSA) is 60.9 Å². The van der Waals surface area contributed by atoms with Gasteiger partial charge in [0, 0.05) is 43.9 Å². The summed E-state index contributed by atoms with van der Waals surface area (Å²) in [7, 11) is 0. The van der Waals surface area contributed by atoms with Crippen molar-refractivity contribution in [2.75, 3.05) is 39.3 Å². The summed E-state index contributed by atoms with van der Waals surface area (Å²) in [5, 5.41) is 9.16. The molecule has 0 spiro atoms. The van der Waals surface area contributed by atoms with Crippen LogP contribution in [0.25, 0.3) is 0 Å². The molecule has 1 N–H and O–H groups in total. The van der Waals surface area contributed by atoms with Crippen molar-refractivity contribution in [3.63, 3.8) is 0 Å². The Labute approximate surface area is 152 Å². The first-order chi connectivity index (χ1) is 12.7. The number of hydrogen-bond acceptors (Lipinski definition) is 5. The van der Waals surface area contributed by atoms with Crippen molar-refractivity contribution < 1.29 is 14.7 Å². The van der Waals surface area contributed by atoms with Crippen molar-refractivity contribution in [1.82, 2.24) is 9.80 Å². The summed E-state index contributed by atoms with van der Waals surface area (Å²) in [5.74, 6) is -0.250. The first kappa shape index (κ1) is 17.1. The standard InChI is InChI=1S/C21H22N2O3/c24-15-14-22-10-12-23(13-11-22)21(16-6-2-1-3-7-16)19(25)17-8-4-5-9-18(17)20(21)26/h1-9,24H,10-15H2. The monoisotopic (exact) mass is 350 g/mol. The Balaban J connectivity index is 1.79. The molecular formula is C21H22N2O3. The van der Waals surface area contributed by atoms with Crippen molar-refractivity contribution in [1.29, 1.82) is 0 Å². The van der Waals surface area contributed by atoms with Crippen LogP contribution in [0.4, 0.5) is 0 Å². The molecule has 1 aliphatic carbocycles. The van der Waals surface area contributed by atoms with Gasteiger partial charge in [0.05, 0.1) is 6.61 Å². The minimum Gasteiger partial charge on any atom is -0.395 e. The number of piperazine rings is 1. The number of aliphatic hydroxyl groups is 1. The molecule has 0 bridgehead atoms. The third-order valence-corrected chi connectivity index (χ3v) is 5.53. The molecule has 0 saturated carbocycles. The first-order valence-corrected chi connectivity index (χ1v) is 9.02. The van der Waals surface area contributed by atoms with Crippen LogP contribution in [0.2, 0.25) is 0 Å². The normalized spacial score (nSPS) is 20.3. The highest BCUT2D eigenvalue weighted by Crippen LogP contribution is 2.42. The van der Waals surface area contributed by atoms with Crippen LogP contribution in [0.5, 0.6) is 0 Å². The highest BCUT2D eigenvalue weighted by molar-refractivity contribution is 6.32. The van der Waals surface area contributed by atoms with E-state index < -0.39 is 5.54 Å². The Morgan fingerprint density at radius 2 is 1.35 bits per heavy atom. The maximum atomic E-state index is 13.5. The SMILES string of the molecule is O=C1c2ccccc2C(=O)C1(c1ccccc1)N1CCN(CCO)CC1. The smallest absolute Gasteiger partial charge is 0.196 e. The number of aliphatic hydroxyl groups excluding tert-OH is 1. The van der Waals surface area contributed by atoms with Crippen LogP contribution in [0.15, 0.2) is 54.6 Å². The van der Waals surface area contributed by atoms with E-state index in [1.165, 1.54) is 0 Å². The van der Waals surface area contributed by atoms with E-state index >= 15 is 0 Å². The summed E-state index contributed by atoms with van der Waals surface area (Å²) in [6.07, 6.45) is 0. The van der Waals surface area contributed by atoms with Crippen LogP contribution in [-0.2, 0) is 5.54 Å². The summed E-state index contributed by atoms with van der Waals surface area (Å²) < 4.78 is 0. The van der Waals surface area contributed by atoms with Gasteiger partial charge in [0.1, 0.15) is 0 Å². The lowest BCUT2D eigenvalue weighted by atomic mass is 9.82. The Morgan fingerprint density at radius 3 is 1.88 bits per heavy atom. The molecule has 1 fully saturated rings. The lowest BCUT2D eigenvalue weighted by Gasteiger charge is -2.44. The van der Waals surface area contributed by atoms with Crippen LogP contribution in [0.3, 0.4) is 0 Å².